The highest BCUT2D eigenvalue weighted by Gasteiger charge is 2.17. The smallest absolute Gasteiger partial charge is 0.236 e. The lowest BCUT2D eigenvalue weighted by atomic mass is 10.2. The molecule has 0 atom stereocenters. The summed E-state index contributed by atoms with van der Waals surface area (Å²) in [6.07, 6.45) is 5.12. The van der Waals surface area contributed by atoms with Gasteiger partial charge in [-0.3, -0.25) is 4.79 Å². The molecule has 0 spiro atoms. The molecule has 1 N–H and O–H groups in total. The predicted molar refractivity (Wildman–Crippen MR) is 128 cm³/mol. The lowest BCUT2D eigenvalue weighted by Crippen LogP contribution is -2.14. The number of nitrogens with zero attached hydrogens (tertiary/aromatic N) is 4. The van der Waals surface area contributed by atoms with E-state index in [1.54, 1.807) is 0 Å². The molecule has 1 aliphatic carbocycles. The van der Waals surface area contributed by atoms with E-state index in [1.807, 2.05) is 60.1 Å². The summed E-state index contributed by atoms with van der Waals surface area (Å²) in [5.74, 6) is 1.76. The minimum absolute atomic E-state index is 0.118. The van der Waals surface area contributed by atoms with Crippen LogP contribution in [0.3, 0.4) is 0 Å². The minimum atomic E-state index is -0.118. The lowest BCUT2D eigenvalue weighted by molar-refractivity contribution is -0.113. The number of anilines is 1. The van der Waals surface area contributed by atoms with E-state index in [0.29, 0.717) is 16.4 Å². The molecule has 1 fully saturated rings. The van der Waals surface area contributed by atoms with Crippen molar-refractivity contribution < 1.29 is 9.53 Å². The van der Waals surface area contributed by atoms with Crippen molar-refractivity contribution in [2.75, 3.05) is 11.1 Å². The molecule has 0 aliphatic heterocycles. The quantitative estimate of drug-likeness (QED) is 0.381. The molecular formula is C23H23N5O2S2. The molecule has 164 valence electrons. The van der Waals surface area contributed by atoms with E-state index in [-0.39, 0.29) is 11.7 Å². The van der Waals surface area contributed by atoms with Crippen LogP contribution in [0.5, 0.6) is 5.75 Å². The van der Waals surface area contributed by atoms with Gasteiger partial charge in [0, 0.05) is 12.6 Å². The fourth-order valence-corrected chi connectivity index (χ4v) is 5.38. The Hall–Kier alpha value is -2.91. The molecule has 1 amide bonds. The molecule has 4 aromatic rings. The molecule has 2 aromatic carbocycles. The molecule has 0 unspecified atom stereocenters. The average molecular weight is 466 g/mol. The van der Waals surface area contributed by atoms with Crippen molar-refractivity contribution in [2.24, 2.45) is 7.05 Å². The Morgan fingerprint density at radius 2 is 1.94 bits per heavy atom. The summed E-state index contributed by atoms with van der Waals surface area (Å²) in [6, 6.07) is 15.8. The van der Waals surface area contributed by atoms with Crippen LogP contribution < -0.4 is 10.1 Å². The van der Waals surface area contributed by atoms with Crippen molar-refractivity contribution >= 4 is 44.4 Å². The number of thiazole rings is 1. The Balaban J connectivity index is 1.19. The molecule has 0 radical (unpaired) electrons. The zero-order valence-electron chi connectivity index (χ0n) is 17.7. The monoisotopic (exact) mass is 465 g/mol. The number of benzene rings is 2. The first-order valence-electron chi connectivity index (χ1n) is 10.6. The third kappa shape index (κ3) is 4.63. The molecule has 1 saturated carbocycles. The SMILES string of the molecule is Cn1c(SCC(=O)Nc2nc3ccccc3s2)nnc1-c1ccc(OC2CCCC2)cc1. The Morgan fingerprint density at radius 1 is 1.16 bits per heavy atom. The van der Waals surface area contributed by atoms with Gasteiger partial charge in [-0.25, -0.2) is 4.98 Å². The number of nitrogens with one attached hydrogen (secondary N) is 1. The van der Waals surface area contributed by atoms with E-state index < -0.39 is 0 Å². The van der Waals surface area contributed by atoms with Crippen molar-refractivity contribution in [3.63, 3.8) is 0 Å². The maximum absolute atomic E-state index is 12.4. The summed E-state index contributed by atoms with van der Waals surface area (Å²) in [4.78, 5) is 16.8. The van der Waals surface area contributed by atoms with Crippen LogP contribution in [-0.2, 0) is 11.8 Å². The number of carbonyl (C=O) groups excluding carboxylic acids is 1. The summed E-state index contributed by atoms with van der Waals surface area (Å²) in [7, 11) is 1.91. The summed E-state index contributed by atoms with van der Waals surface area (Å²) in [5.41, 5.74) is 1.85. The number of thioether (sulfide) groups is 1. The third-order valence-electron chi connectivity index (χ3n) is 5.42. The van der Waals surface area contributed by atoms with Gasteiger partial charge < -0.3 is 14.6 Å². The number of hydrogen-bond acceptors (Lipinski definition) is 7. The fourth-order valence-electron chi connectivity index (χ4n) is 3.78. The van der Waals surface area contributed by atoms with E-state index in [1.165, 1.54) is 35.9 Å². The first kappa shape index (κ1) is 21.0. The standard InChI is InChI=1S/C23H23N5O2S2/c1-28-21(15-10-12-17(13-11-15)30-16-6-2-3-7-16)26-27-23(28)31-14-20(29)25-22-24-18-8-4-5-9-19(18)32-22/h4-5,8-13,16H,2-3,6-7,14H2,1H3,(H,24,25,29). The van der Waals surface area contributed by atoms with Crippen molar-refractivity contribution in [3.05, 3.63) is 48.5 Å². The van der Waals surface area contributed by atoms with Crippen LogP contribution in [0.1, 0.15) is 25.7 Å². The van der Waals surface area contributed by atoms with Gasteiger partial charge >= 0.3 is 0 Å². The summed E-state index contributed by atoms with van der Waals surface area (Å²) in [6.45, 7) is 0. The van der Waals surface area contributed by atoms with E-state index in [9.17, 15) is 4.79 Å². The van der Waals surface area contributed by atoms with Gasteiger partial charge in [0.25, 0.3) is 0 Å². The predicted octanol–water partition coefficient (Wildman–Crippen LogP) is 5.14. The van der Waals surface area contributed by atoms with E-state index in [2.05, 4.69) is 20.5 Å². The number of carbonyl (C=O) groups is 1. The molecule has 0 bridgehead atoms. The third-order valence-corrected chi connectivity index (χ3v) is 7.40. The van der Waals surface area contributed by atoms with Gasteiger partial charge in [-0.2, -0.15) is 0 Å². The highest BCUT2D eigenvalue weighted by atomic mass is 32.2. The van der Waals surface area contributed by atoms with Gasteiger partial charge in [-0.05, 0) is 62.1 Å². The first-order chi connectivity index (χ1) is 15.7. The second kappa shape index (κ2) is 9.30. The van der Waals surface area contributed by atoms with E-state index in [4.69, 9.17) is 4.74 Å². The molecule has 2 heterocycles. The molecule has 7 nitrogen and oxygen atoms in total. The van der Waals surface area contributed by atoms with Gasteiger partial charge in [-0.1, -0.05) is 35.2 Å². The molecule has 32 heavy (non-hydrogen) atoms. The number of hydrogen-bond donors (Lipinski definition) is 1. The van der Waals surface area contributed by atoms with Crippen LogP contribution in [0.25, 0.3) is 21.6 Å². The van der Waals surface area contributed by atoms with Crippen LogP contribution in [-0.4, -0.2) is 37.5 Å². The Bertz CT molecular complexity index is 1200. The van der Waals surface area contributed by atoms with Crippen LogP contribution in [0.4, 0.5) is 5.13 Å². The van der Waals surface area contributed by atoms with Crippen LogP contribution in [0.15, 0.2) is 53.7 Å². The highest BCUT2D eigenvalue weighted by molar-refractivity contribution is 7.99. The normalized spacial score (nSPS) is 14.2. The van der Waals surface area contributed by atoms with Crippen molar-refractivity contribution in [1.82, 2.24) is 19.7 Å². The number of ether oxygens (including phenoxy) is 1. The van der Waals surface area contributed by atoms with Crippen LogP contribution in [0.2, 0.25) is 0 Å². The largest absolute Gasteiger partial charge is 0.490 e. The van der Waals surface area contributed by atoms with Crippen molar-refractivity contribution in [3.8, 4) is 17.1 Å². The maximum Gasteiger partial charge on any atom is 0.236 e. The van der Waals surface area contributed by atoms with Crippen molar-refractivity contribution in [2.45, 2.75) is 36.9 Å². The molecule has 2 aromatic heterocycles. The lowest BCUT2D eigenvalue weighted by Gasteiger charge is -2.13. The van der Waals surface area contributed by atoms with Gasteiger partial charge in [-0.15, -0.1) is 10.2 Å². The zero-order valence-corrected chi connectivity index (χ0v) is 19.3. The van der Waals surface area contributed by atoms with Gasteiger partial charge in [0.15, 0.2) is 16.1 Å². The molecule has 1 aliphatic rings. The summed E-state index contributed by atoms with van der Waals surface area (Å²) >= 11 is 2.82. The van der Waals surface area contributed by atoms with Gasteiger partial charge in [0.2, 0.25) is 5.91 Å². The number of amides is 1. The van der Waals surface area contributed by atoms with Crippen LogP contribution in [0, 0.1) is 0 Å². The first-order valence-corrected chi connectivity index (χ1v) is 12.4. The second-order valence-electron chi connectivity index (χ2n) is 7.74. The van der Waals surface area contributed by atoms with Crippen molar-refractivity contribution in [1.29, 1.82) is 0 Å². The van der Waals surface area contributed by atoms with Gasteiger partial charge in [0.1, 0.15) is 5.75 Å². The van der Waals surface area contributed by atoms with E-state index in [0.717, 1.165) is 40.2 Å². The minimum Gasteiger partial charge on any atom is -0.490 e. The average Bonchev–Trinajstić information content (AvgIpc) is 3.53. The topological polar surface area (TPSA) is 81.9 Å². The fraction of sp³-hybridized carbons (Fsp3) is 0.304. The Kier molecular flexibility index (Phi) is 6.09. The summed E-state index contributed by atoms with van der Waals surface area (Å²) in [5, 5.41) is 12.7. The Labute approximate surface area is 194 Å². The van der Waals surface area contributed by atoms with Gasteiger partial charge in [0.05, 0.1) is 22.1 Å². The Morgan fingerprint density at radius 3 is 2.72 bits per heavy atom. The summed E-state index contributed by atoms with van der Waals surface area (Å²) < 4.78 is 8.99. The molecule has 5 rings (SSSR count). The highest BCUT2D eigenvalue weighted by Crippen LogP contribution is 2.28. The zero-order chi connectivity index (χ0) is 21.9. The maximum atomic E-state index is 12.4. The number of aromatic nitrogens is 4. The number of fused-ring (bicyclic) bond motifs is 1. The molecule has 9 heteroatoms. The van der Waals surface area contributed by atoms with Crippen LogP contribution >= 0.6 is 23.1 Å². The number of para-hydroxylation sites is 1. The molecule has 0 saturated heterocycles. The number of rotatable bonds is 7. The molecular weight excluding hydrogens is 442 g/mol. The van der Waals surface area contributed by atoms with E-state index >= 15 is 0 Å². The second-order valence-corrected chi connectivity index (χ2v) is 9.71.